The van der Waals surface area contributed by atoms with Crippen LogP contribution in [-0.4, -0.2) is 21.5 Å². The first-order chi connectivity index (χ1) is 10.2. The van der Waals surface area contributed by atoms with Gasteiger partial charge in [-0.15, -0.1) is 11.3 Å². The zero-order chi connectivity index (χ0) is 14.8. The molecule has 2 aromatic rings. The SMILES string of the molecule is Cc1cc(CNC2CCCc3c2cnn3CCO)c(C)s1. The first-order valence-electron chi connectivity index (χ1n) is 7.63. The third kappa shape index (κ3) is 3.05. The summed E-state index contributed by atoms with van der Waals surface area (Å²) in [6, 6.07) is 2.67. The Hall–Kier alpha value is -1.17. The number of nitrogens with zero attached hydrogens (tertiary/aromatic N) is 2. The van der Waals surface area contributed by atoms with E-state index < -0.39 is 0 Å². The molecule has 1 aliphatic carbocycles. The normalized spacial score (nSPS) is 18.0. The van der Waals surface area contributed by atoms with Crippen molar-refractivity contribution in [2.45, 2.75) is 52.2 Å². The molecule has 3 rings (SSSR count). The molecule has 0 amide bonds. The molecule has 0 saturated carbocycles. The fraction of sp³-hybridized carbons (Fsp3) is 0.562. The highest BCUT2D eigenvalue weighted by Gasteiger charge is 2.23. The van der Waals surface area contributed by atoms with Crippen molar-refractivity contribution in [3.05, 3.63) is 38.8 Å². The Morgan fingerprint density at radius 3 is 3.05 bits per heavy atom. The van der Waals surface area contributed by atoms with E-state index in [4.69, 9.17) is 5.11 Å². The summed E-state index contributed by atoms with van der Waals surface area (Å²) in [6.07, 6.45) is 5.40. The van der Waals surface area contributed by atoms with Crippen LogP contribution in [0.5, 0.6) is 0 Å². The molecule has 2 heterocycles. The van der Waals surface area contributed by atoms with Gasteiger partial charge in [0.15, 0.2) is 0 Å². The van der Waals surface area contributed by atoms with Gasteiger partial charge in [0.05, 0.1) is 19.3 Å². The van der Waals surface area contributed by atoms with Crippen LogP contribution in [0.4, 0.5) is 0 Å². The molecule has 0 aromatic carbocycles. The number of aliphatic hydroxyl groups is 1. The summed E-state index contributed by atoms with van der Waals surface area (Å²) in [5.74, 6) is 0. The van der Waals surface area contributed by atoms with Crippen molar-refractivity contribution in [1.82, 2.24) is 15.1 Å². The zero-order valence-electron chi connectivity index (χ0n) is 12.7. The zero-order valence-corrected chi connectivity index (χ0v) is 13.5. The van der Waals surface area contributed by atoms with Crippen molar-refractivity contribution >= 4 is 11.3 Å². The fourth-order valence-electron chi connectivity index (χ4n) is 3.21. The predicted molar refractivity (Wildman–Crippen MR) is 85.6 cm³/mol. The highest BCUT2D eigenvalue weighted by Crippen LogP contribution is 2.30. The molecule has 5 heteroatoms. The summed E-state index contributed by atoms with van der Waals surface area (Å²) in [4.78, 5) is 2.79. The van der Waals surface area contributed by atoms with E-state index in [1.807, 2.05) is 22.2 Å². The van der Waals surface area contributed by atoms with Gasteiger partial charge in [0.1, 0.15) is 0 Å². The Bertz CT molecular complexity index is 617. The Morgan fingerprint density at radius 2 is 2.33 bits per heavy atom. The molecule has 0 spiro atoms. The molecular formula is C16H23N3OS. The summed E-state index contributed by atoms with van der Waals surface area (Å²) in [6.45, 7) is 6.04. The second-order valence-electron chi connectivity index (χ2n) is 5.76. The van der Waals surface area contributed by atoms with Crippen LogP contribution >= 0.6 is 11.3 Å². The number of aryl methyl sites for hydroxylation is 2. The number of rotatable bonds is 5. The Balaban J connectivity index is 1.72. The Kier molecular flexibility index (Phi) is 4.42. The second kappa shape index (κ2) is 6.30. The van der Waals surface area contributed by atoms with E-state index in [9.17, 15) is 0 Å². The summed E-state index contributed by atoms with van der Waals surface area (Å²) in [5.41, 5.74) is 4.03. The lowest BCUT2D eigenvalue weighted by Gasteiger charge is -2.24. The van der Waals surface area contributed by atoms with Gasteiger partial charge in [-0.2, -0.15) is 5.10 Å². The fourth-order valence-corrected chi connectivity index (χ4v) is 4.16. The van der Waals surface area contributed by atoms with Crippen LogP contribution < -0.4 is 5.32 Å². The van der Waals surface area contributed by atoms with Gasteiger partial charge in [0, 0.05) is 33.6 Å². The number of hydrogen-bond donors (Lipinski definition) is 2. The minimum Gasteiger partial charge on any atom is -0.394 e. The van der Waals surface area contributed by atoms with Crippen molar-refractivity contribution < 1.29 is 5.11 Å². The first kappa shape index (κ1) is 14.8. The molecule has 0 saturated heterocycles. The van der Waals surface area contributed by atoms with Crippen LogP contribution in [0.3, 0.4) is 0 Å². The topological polar surface area (TPSA) is 50.1 Å². The van der Waals surface area contributed by atoms with E-state index in [1.54, 1.807) is 0 Å². The summed E-state index contributed by atoms with van der Waals surface area (Å²) >= 11 is 1.87. The lowest BCUT2D eigenvalue weighted by Crippen LogP contribution is -2.25. The summed E-state index contributed by atoms with van der Waals surface area (Å²) in [7, 11) is 0. The molecule has 2 aromatic heterocycles. The third-order valence-corrected chi connectivity index (χ3v) is 5.27. The van der Waals surface area contributed by atoms with E-state index in [0.29, 0.717) is 12.6 Å². The first-order valence-corrected chi connectivity index (χ1v) is 8.45. The predicted octanol–water partition coefficient (Wildman–Crippen LogP) is 2.72. The van der Waals surface area contributed by atoms with Gasteiger partial charge in [-0.1, -0.05) is 0 Å². The molecule has 2 N–H and O–H groups in total. The van der Waals surface area contributed by atoms with Crippen LogP contribution in [0.15, 0.2) is 12.3 Å². The molecule has 21 heavy (non-hydrogen) atoms. The van der Waals surface area contributed by atoms with Gasteiger partial charge < -0.3 is 10.4 Å². The average Bonchev–Trinajstić information content (AvgIpc) is 3.01. The molecule has 1 atom stereocenters. The number of nitrogens with one attached hydrogen (secondary N) is 1. The van der Waals surface area contributed by atoms with Crippen LogP contribution in [-0.2, 0) is 19.5 Å². The van der Waals surface area contributed by atoms with E-state index in [2.05, 4.69) is 30.3 Å². The van der Waals surface area contributed by atoms with E-state index in [0.717, 1.165) is 13.0 Å². The monoisotopic (exact) mass is 305 g/mol. The minimum atomic E-state index is 0.152. The van der Waals surface area contributed by atoms with Crippen molar-refractivity contribution in [2.75, 3.05) is 6.61 Å². The molecule has 0 radical (unpaired) electrons. The average molecular weight is 305 g/mol. The van der Waals surface area contributed by atoms with Gasteiger partial charge in [-0.3, -0.25) is 4.68 Å². The molecule has 1 aliphatic rings. The van der Waals surface area contributed by atoms with E-state index >= 15 is 0 Å². The molecule has 114 valence electrons. The molecule has 4 nitrogen and oxygen atoms in total. The minimum absolute atomic E-state index is 0.152. The number of aromatic nitrogens is 2. The van der Waals surface area contributed by atoms with Crippen molar-refractivity contribution in [2.24, 2.45) is 0 Å². The lowest BCUT2D eigenvalue weighted by atomic mass is 9.93. The second-order valence-corrected chi connectivity index (χ2v) is 7.22. The highest BCUT2D eigenvalue weighted by atomic mass is 32.1. The van der Waals surface area contributed by atoms with Gasteiger partial charge >= 0.3 is 0 Å². The molecular weight excluding hydrogens is 282 g/mol. The maximum Gasteiger partial charge on any atom is 0.0644 e. The molecule has 0 fully saturated rings. The van der Waals surface area contributed by atoms with Crippen molar-refractivity contribution in [3.63, 3.8) is 0 Å². The number of hydrogen-bond acceptors (Lipinski definition) is 4. The van der Waals surface area contributed by atoms with Crippen LogP contribution in [0.2, 0.25) is 0 Å². The van der Waals surface area contributed by atoms with Crippen molar-refractivity contribution in [1.29, 1.82) is 0 Å². The van der Waals surface area contributed by atoms with Gasteiger partial charge in [0.25, 0.3) is 0 Å². The Labute approximate surface area is 129 Å². The van der Waals surface area contributed by atoms with E-state index in [-0.39, 0.29) is 6.61 Å². The third-order valence-electron chi connectivity index (χ3n) is 4.26. The summed E-state index contributed by atoms with van der Waals surface area (Å²) < 4.78 is 1.96. The maximum atomic E-state index is 9.12. The number of aliphatic hydroxyl groups excluding tert-OH is 1. The molecule has 1 unspecified atom stereocenters. The van der Waals surface area contributed by atoms with Gasteiger partial charge in [-0.25, -0.2) is 0 Å². The van der Waals surface area contributed by atoms with Crippen LogP contribution in [0.1, 0.15) is 45.5 Å². The highest BCUT2D eigenvalue weighted by molar-refractivity contribution is 7.12. The number of thiophene rings is 1. The van der Waals surface area contributed by atoms with E-state index in [1.165, 1.54) is 39.4 Å². The molecule has 0 bridgehead atoms. The maximum absolute atomic E-state index is 9.12. The van der Waals surface area contributed by atoms with Gasteiger partial charge in [0.2, 0.25) is 0 Å². The summed E-state index contributed by atoms with van der Waals surface area (Å²) in [5, 5.41) is 17.2. The number of fused-ring (bicyclic) bond motifs is 1. The van der Waals surface area contributed by atoms with Gasteiger partial charge in [-0.05, 0) is 44.7 Å². The largest absolute Gasteiger partial charge is 0.394 e. The standard InChI is InChI=1S/C16H23N3OS/c1-11-8-13(12(2)21-11)9-17-15-4-3-5-16-14(15)10-18-19(16)6-7-20/h8,10,15,17,20H,3-7,9H2,1-2H3. The quantitative estimate of drug-likeness (QED) is 0.893. The van der Waals surface area contributed by atoms with Crippen molar-refractivity contribution in [3.8, 4) is 0 Å². The Morgan fingerprint density at radius 1 is 1.48 bits per heavy atom. The lowest BCUT2D eigenvalue weighted by molar-refractivity contribution is 0.266. The van der Waals surface area contributed by atoms with Crippen LogP contribution in [0.25, 0.3) is 0 Å². The smallest absolute Gasteiger partial charge is 0.0644 e. The molecule has 0 aliphatic heterocycles. The van der Waals surface area contributed by atoms with Crippen LogP contribution in [0, 0.1) is 13.8 Å².